The van der Waals surface area contributed by atoms with Crippen molar-refractivity contribution in [2.45, 2.75) is 33.1 Å². The van der Waals surface area contributed by atoms with Crippen molar-refractivity contribution >= 4 is 5.91 Å². The van der Waals surface area contributed by atoms with Gasteiger partial charge in [0.25, 0.3) is 5.91 Å². The topological polar surface area (TPSA) is 68.6 Å². The number of piperazine rings is 1. The summed E-state index contributed by atoms with van der Waals surface area (Å²) < 4.78 is 5.44. The van der Waals surface area contributed by atoms with E-state index in [-0.39, 0.29) is 11.5 Å². The molecule has 0 saturated carbocycles. The van der Waals surface area contributed by atoms with Crippen LogP contribution in [0.1, 0.15) is 33.1 Å². The number of unbranched alkanes of at least 4 members (excludes halogenated alkanes) is 1. The predicted octanol–water partition coefficient (Wildman–Crippen LogP) is 1.35. The van der Waals surface area contributed by atoms with Crippen molar-refractivity contribution in [3.63, 3.8) is 0 Å². The standard InChI is InChI=1S/C17H30N4O2/c1-3-5-12-23-13-6-7-19-17(22)16(14-18)15-21-10-8-20(4-2)9-11-21/h15H,3-13H2,1-2H3,(H,19,22)/b16-15-. The highest BCUT2D eigenvalue weighted by molar-refractivity contribution is 5.97. The van der Waals surface area contributed by atoms with E-state index >= 15 is 0 Å². The molecule has 0 bridgehead atoms. The van der Waals surface area contributed by atoms with Gasteiger partial charge in [-0.05, 0) is 19.4 Å². The molecule has 0 aliphatic carbocycles. The van der Waals surface area contributed by atoms with Gasteiger partial charge in [0.1, 0.15) is 11.6 Å². The Hall–Kier alpha value is -1.58. The molecule has 0 aromatic carbocycles. The van der Waals surface area contributed by atoms with Crippen molar-refractivity contribution in [2.75, 3.05) is 52.5 Å². The molecule has 0 aromatic heterocycles. The van der Waals surface area contributed by atoms with Crippen molar-refractivity contribution in [3.05, 3.63) is 11.8 Å². The van der Waals surface area contributed by atoms with Gasteiger partial charge in [0.2, 0.25) is 0 Å². The molecule has 0 radical (unpaired) electrons. The molecule has 6 heteroatoms. The van der Waals surface area contributed by atoms with Crippen LogP contribution in [0.3, 0.4) is 0 Å². The van der Waals surface area contributed by atoms with Crippen LogP contribution < -0.4 is 5.32 Å². The minimum absolute atomic E-state index is 0.182. The number of likely N-dealkylation sites (N-methyl/N-ethyl adjacent to an activating group) is 1. The summed E-state index contributed by atoms with van der Waals surface area (Å²) in [6.45, 7) is 10.9. The van der Waals surface area contributed by atoms with Gasteiger partial charge in [-0.25, -0.2) is 0 Å². The number of nitrogens with zero attached hydrogens (tertiary/aromatic N) is 3. The summed E-state index contributed by atoms with van der Waals surface area (Å²) in [5.41, 5.74) is 0.182. The third-order valence-corrected chi connectivity index (χ3v) is 3.92. The minimum Gasteiger partial charge on any atom is -0.381 e. The molecule has 0 aromatic rings. The summed E-state index contributed by atoms with van der Waals surface area (Å²) >= 11 is 0. The Kier molecular flexibility index (Phi) is 10.1. The SMILES string of the molecule is CCCCOCCCNC(=O)/C(C#N)=C\N1CCN(CC)CC1. The molecule has 1 rings (SSSR count). The normalized spacial score (nSPS) is 16.2. The van der Waals surface area contributed by atoms with Gasteiger partial charge >= 0.3 is 0 Å². The zero-order valence-electron chi connectivity index (χ0n) is 14.5. The maximum absolute atomic E-state index is 12.0. The zero-order chi connectivity index (χ0) is 16.9. The number of hydrogen-bond donors (Lipinski definition) is 1. The first-order chi connectivity index (χ1) is 11.2. The fraction of sp³-hybridized carbons (Fsp3) is 0.765. The van der Waals surface area contributed by atoms with Crippen LogP contribution in [-0.2, 0) is 9.53 Å². The smallest absolute Gasteiger partial charge is 0.263 e. The van der Waals surface area contributed by atoms with E-state index in [0.717, 1.165) is 58.6 Å². The van der Waals surface area contributed by atoms with Crippen LogP contribution in [-0.4, -0.2) is 68.2 Å². The largest absolute Gasteiger partial charge is 0.381 e. The second-order valence-corrected chi connectivity index (χ2v) is 5.70. The lowest BCUT2D eigenvalue weighted by Crippen LogP contribution is -2.44. The van der Waals surface area contributed by atoms with Gasteiger partial charge in [-0.15, -0.1) is 0 Å². The van der Waals surface area contributed by atoms with Gasteiger partial charge < -0.3 is 19.9 Å². The summed E-state index contributed by atoms with van der Waals surface area (Å²) in [4.78, 5) is 16.4. The highest BCUT2D eigenvalue weighted by atomic mass is 16.5. The van der Waals surface area contributed by atoms with Gasteiger partial charge in [0, 0.05) is 52.1 Å². The Morgan fingerprint density at radius 1 is 1.22 bits per heavy atom. The lowest BCUT2D eigenvalue weighted by atomic mass is 10.2. The molecule has 1 heterocycles. The van der Waals surface area contributed by atoms with Crippen LogP contribution in [0.15, 0.2) is 11.8 Å². The van der Waals surface area contributed by atoms with Crippen LogP contribution in [0.4, 0.5) is 0 Å². The number of amides is 1. The number of ether oxygens (including phenoxy) is 1. The van der Waals surface area contributed by atoms with E-state index in [1.54, 1.807) is 6.20 Å². The molecular weight excluding hydrogens is 292 g/mol. The molecule has 1 saturated heterocycles. The fourth-order valence-corrected chi connectivity index (χ4v) is 2.35. The number of carbonyl (C=O) groups excluding carboxylic acids is 1. The number of rotatable bonds is 10. The fourth-order valence-electron chi connectivity index (χ4n) is 2.35. The summed E-state index contributed by atoms with van der Waals surface area (Å²) in [5, 5.41) is 12.0. The van der Waals surface area contributed by atoms with Crippen molar-refractivity contribution in [3.8, 4) is 6.07 Å². The Balaban J connectivity index is 2.26. The summed E-state index contributed by atoms with van der Waals surface area (Å²) in [6.07, 6.45) is 4.65. The second-order valence-electron chi connectivity index (χ2n) is 5.70. The van der Waals surface area contributed by atoms with E-state index in [1.807, 2.05) is 6.07 Å². The van der Waals surface area contributed by atoms with E-state index in [0.29, 0.717) is 13.2 Å². The molecule has 0 spiro atoms. The highest BCUT2D eigenvalue weighted by Crippen LogP contribution is 2.04. The third kappa shape index (κ3) is 8.00. The quantitative estimate of drug-likeness (QED) is 0.374. The number of nitriles is 1. The van der Waals surface area contributed by atoms with E-state index < -0.39 is 0 Å². The average molecular weight is 322 g/mol. The maximum atomic E-state index is 12.0. The first kappa shape index (κ1) is 19.5. The Bertz CT molecular complexity index is 409. The average Bonchev–Trinajstić information content (AvgIpc) is 2.59. The number of carbonyl (C=O) groups is 1. The first-order valence-electron chi connectivity index (χ1n) is 8.65. The molecule has 0 unspecified atom stereocenters. The molecule has 1 aliphatic heterocycles. The van der Waals surface area contributed by atoms with E-state index in [9.17, 15) is 10.1 Å². The number of hydrogen-bond acceptors (Lipinski definition) is 5. The van der Waals surface area contributed by atoms with Gasteiger partial charge in [0.15, 0.2) is 0 Å². The van der Waals surface area contributed by atoms with Gasteiger partial charge in [-0.2, -0.15) is 5.26 Å². The zero-order valence-corrected chi connectivity index (χ0v) is 14.5. The van der Waals surface area contributed by atoms with Crippen LogP contribution >= 0.6 is 0 Å². The Labute approximate surface area is 140 Å². The van der Waals surface area contributed by atoms with Crippen molar-refractivity contribution in [2.24, 2.45) is 0 Å². The van der Waals surface area contributed by atoms with Gasteiger partial charge in [0.05, 0.1) is 0 Å². The van der Waals surface area contributed by atoms with Crippen LogP contribution in [0.25, 0.3) is 0 Å². The van der Waals surface area contributed by atoms with Crippen LogP contribution in [0.2, 0.25) is 0 Å². The Morgan fingerprint density at radius 3 is 2.52 bits per heavy atom. The minimum atomic E-state index is -0.293. The molecular formula is C17H30N4O2. The highest BCUT2D eigenvalue weighted by Gasteiger charge is 2.15. The monoisotopic (exact) mass is 322 g/mol. The first-order valence-corrected chi connectivity index (χ1v) is 8.65. The van der Waals surface area contributed by atoms with Crippen molar-refractivity contribution < 1.29 is 9.53 Å². The van der Waals surface area contributed by atoms with Crippen molar-refractivity contribution in [1.82, 2.24) is 15.1 Å². The summed E-state index contributed by atoms with van der Waals surface area (Å²) in [7, 11) is 0. The van der Waals surface area contributed by atoms with Gasteiger partial charge in [-0.1, -0.05) is 20.3 Å². The third-order valence-electron chi connectivity index (χ3n) is 3.92. The summed E-state index contributed by atoms with van der Waals surface area (Å²) in [5.74, 6) is -0.293. The van der Waals surface area contributed by atoms with Gasteiger partial charge in [-0.3, -0.25) is 4.79 Å². The molecule has 130 valence electrons. The number of nitrogens with one attached hydrogen (secondary N) is 1. The van der Waals surface area contributed by atoms with Crippen LogP contribution in [0, 0.1) is 11.3 Å². The molecule has 1 aliphatic rings. The van der Waals surface area contributed by atoms with Crippen LogP contribution in [0.5, 0.6) is 0 Å². The lowest BCUT2D eigenvalue weighted by molar-refractivity contribution is -0.117. The summed E-state index contributed by atoms with van der Waals surface area (Å²) in [6, 6.07) is 2.01. The van der Waals surface area contributed by atoms with E-state index in [1.165, 1.54) is 0 Å². The molecule has 0 atom stereocenters. The molecule has 1 N–H and O–H groups in total. The van der Waals surface area contributed by atoms with Crippen molar-refractivity contribution in [1.29, 1.82) is 5.26 Å². The van der Waals surface area contributed by atoms with E-state index in [4.69, 9.17) is 4.74 Å². The Morgan fingerprint density at radius 2 is 1.91 bits per heavy atom. The molecule has 23 heavy (non-hydrogen) atoms. The molecule has 1 fully saturated rings. The molecule has 1 amide bonds. The maximum Gasteiger partial charge on any atom is 0.263 e. The lowest BCUT2D eigenvalue weighted by Gasteiger charge is -2.33. The molecule has 6 nitrogen and oxygen atoms in total. The van der Waals surface area contributed by atoms with E-state index in [2.05, 4.69) is 29.0 Å². The predicted molar refractivity (Wildman–Crippen MR) is 90.7 cm³/mol. The second kappa shape index (κ2) is 11.9.